The third-order valence-electron chi connectivity index (χ3n) is 3.21. The molecule has 1 aliphatic rings. The summed E-state index contributed by atoms with van der Waals surface area (Å²) in [5, 5.41) is 10.4. The van der Waals surface area contributed by atoms with Gasteiger partial charge in [-0.15, -0.1) is 0 Å². The zero-order valence-electron chi connectivity index (χ0n) is 9.27. The molecular formula is C12H13ClN2OS. The molecule has 0 bridgehead atoms. The number of pyridine rings is 1. The second kappa shape index (κ2) is 4.42. The van der Waals surface area contributed by atoms with Crippen molar-refractivity contribution in [2.75, 3.05) is 11.5 Å². The molecule has 0 aliphatic carbocycles. The van der Waals surface area contributed by atoms with Crippen LogP contribution in [-0.2, 0) is 0 Å². The molecule has 1 N–H and O–H groups in total. The summed E-state index contributed by atoms with van der Waals surface area (Å²) in [7, 11) is 0. The summed E-state index contributed by atoms with van der Waals surface area (Å²) in [5.41, 5.74) is 0.792. The Morgan fingerprint density at radius 3 is 2.88 bits per heavy atom. The maximum Gasteiger partial charge on any atom is 0.197 e. The Morgan fingerprint density at radius 2 is 2.12 bits per heavy atom. The highest BCUT2D eigenvalue weighted by Gasteiger charge is 2.23. The lowest BCUT2D eigenvalue weighted by atomic mass is 10.0. The van der Waals surface area contributed by atoms with Crippen LogP contribution in [0.25, 0.3) is 5.52 Å². The van der Waals surface area contributed by atoms with Crippen LogP contribution in [0.5, 0.6) is 5.88 Å². The maximum absolute atomic E-state index is 9.96. The molecule has 1 saturated heterocycles. The molecule has 3 rings (SSSR count). The van der Waals surface area contributed by atoms with Gasteiger partial charge in [0.05, 0.1) is 5.52 Å². The molecule has 0 atom stereocenters. The van der Waals surface area contributed by atoms with Crippen molar-refractivity contribution in [3.05, 3.63) is 29.2 Å². The molecule has 0 spiro atoms. The van der Waals surface area contributed by atoms with Gasteiger partial charge in [0.25, 0.3) is 0 Å². The zero-order valence-corrected chi connectivity index (χ0v) is 10.8. The Balaban J connectivity index is 2.15. The van der Waals surface area contributed by atoms with E-state index < -0.39 is 0 Å². The van der Waals surface area contributed by atoms with Crippen LogP contribution in [0.1, 0.15) is 24.6 Å². The van der Waals surface area contributed by atoms with Crippen molar-refractivity contribution in [1.82, 2.24) is 9.38 Å². The average Bonchev–Trinajstić information content (AvgIpc) is 2.70. The van der Waals surface area contributed by atoms with Crippen LogP contribution < -0.4 is 0 Å². The van der Waals surface area contributed by atoms with Crippen LogP contribution in [0.3, 0.4) is 0 Å². The predicted octanol–water partition coefficient (Wildman–Crippen LogP) is 3.30. The third kappa shape index (κ3) is 1.89. The lowest BCUT2D eigenvalue weighted by Gasteiger charge is -2.20. The molecule has 2 aromatic rings. The van der Waals surface area contributed by atoms with Crippen LogP contribution in [0.15, 0.2) is 18.2 Å². The Morgan fingerprint density at radius 1 is 1.35 bits per heavy atom. The summed E-state index contributed by atoms with van der Waals surface area (Å²) < 4.78 is 1.78. The van der Waals surface area contributed by atoms with Gasteiger partial charge in [-0.2, -0.15) is 11.8 Å². The van der Waals surface area contributed by atoms with Gasteiger partial charge in [0, 0.05) is 5.92 Å². The van der Waals surface area contributed by atoms with Gasteiger partial charge < -0.3 is 5.11 Å². The minimum atomic E-state index is 0.218. The molecule has 5 heteroatoms. The Bertz CT molecular complexity index is 549. The van der Waals surface area contributed by atoms with Crippen molar-refractivity contribution in [2.45, 2.75) is 18.8 Å². The van der Waals surface area contributed by atoms with E-state index in [-0.39, 0.29) is 5.88 Å². The van der Waals surface area contributed by atoms with E-state index in [2.05, 4.69) is 4.98 Å². The van der Waals surface area contributed by atoms with Gasteiger partial charge >= 0.3 is 0 Å². The van der Waals surface area contributed by atoms with Gasteiger partial charge in [0.2, 0.25) is 0 Å². The molecule has 1 aliphatic heterocycles. The molecule has 0 saturated carbocycles. The molecule has 0 radical (unpaired) electrons. The van der Waals surface area contributed by atoms with Crippen LogP contribution in [0.4, 0.5) is 0 Å². The first-order chi connectivity index (χ1) is 8.27. The number of hydrogen-bond acceptors (Lipinski definition) is 3. The first kappa shape index (κ1) is 11.2. The number of aromatic nitrogens is 2. The number of imidazole rings is 1. The van der Waals surface area contributed by atoms with Gasteiger partial charge in [-0.3, -0.25) is 4.40 Å². The van der Waals surface area contributed by atoms with E-state index in [1.54, 1.807) is 16.5 Å². The maximum atomic E-state index is 9.96. The van der Waals surface area contributed by atoms with Gasteiger partial charge in [-0.05, 0) is 36.5 Å². The van der Waals surface area contributed by atoms with Crippen molar-refractivity contribution >= 4 is 28.9 Å². The Kier molecular flexibility index (Phi) is 2.92. The van der Waals surface area contributed by atoms with Crippen molar-refractivity contribution < 1.29 is 5.11 Å². The van der Waals surface area contributed by atoms with Crippen molar-refractivity contribution in [1.29, 1.82) is 0 Å². The molecule has 90 valence electrons. The highest BCUT2D eigenvalue weighted by atomic mass is 35.5. The molecule has 0 aromatic carbocycles. The number of rotatable bonds is 1. The lowest BCUT2D eigenvalue weighted by Crippen LogP contribution is -2.11. The van der Waals surface area contributed by atoms with Gasteiger partial charge in [-0.25, -0.2) is 4.98 Å². The lowest BCUT2D eigenvalue weighted by molar-refractivity contribution is 0.437. The molecule has 17 heavy (non-hydrogen) atoms. The largest absolute Gasteiger partial charge is 0.494 e. The highest BCUT2D eigenvalue weighted by molar-refractivity contribution is 7.99. The van der Waals surface area contributed by atoms with E-state index in [0.29, 0.717) is 11.1 Å². The van der Waals surface area contributed by atoms with Crippen LogP contribution in [-0.4, -0.2) is 26.0 Å². The van der Waals surface area contributed by atoms with Crippen molar-refractivity contribution in [3.63, 3.8) is 0 Å². The standard InChI is InChI=1S/C12H13ClN2OS/c13-11-9-2-1-3-10(16)15(9)12(14-11)8-4-6-17-7-5-8/h1-3,8,16H,4-7H2. The van der Waals surface area contributed by atoms with E-state index in [1.165, 1.54) is 0 Å². The fourth-order valence-corrected chi connectivity index (χ4v) is 3.68. The summed E-state index contributed by atoms with van der Waals surface area (Å²) in [6.07, 6.45) is 2.21. The minimum absolute atomic E-state index is 0.218. The Labute approximate surface area is 109 Å². The minimum Gasteiger partial charge on any atom is -0.494 e. The van der Waals surface area contributed by atoms with E-state index in [1.807, 2.05) is 17.8 Å². The Hall–Kier alpha value is -0.870. The summed E-state index contributed by atoms with van der Waals surface area (Å²) in [4.78, 5) is 4.43. The van der Waals surface area contributed by atoms with E-state index in [9.17, 15) is 5.11 Å². The number of aromatic hydroxyl groups is 1. The average molecular weight is 269 g/mol. The van der Waals surface area contributed by atoms with Crippen LogP contribution >= 0.6 is 23.4 Å². The summed E-state index contributed by atoms with van der Waals surface area (Å²) in [5.74, 6) is 3.85. The summed E-state index contributed by atoms with van der Waals surface area (Å²) in [6, 6.07) is 5.35. The van der Waals surface area contributed by atoms with Gasteiger partial charge in [0.15, 0.2) is 11.0 Å². The molecule has 0 amide bonds. The van der Waals surface area contributed by atoms with E-state index in [4.69, 9.17) is 11.6 Å². The molecular weight excluding hydrogens is 256 g/mol. The first-order valence-electron chi connectivity index (χ1n) is 5.71. The summed E-state index contributed by atoms with van der Waals surface area (Å²) in [6.45, 7) is 0. The second-order valence-electron chi connectivity index (χ2n) is 4.25. The molecule has 3 nitrogen and oxygen atoms in total. The predicted molar refractivity (Wildman–Crippen MR) is 71.2 cm³/mol. The normalized spacial score (nSPS) is 17.7. The van der Waals surface area contributed by atoms with E-state index in [0.717, 1.165) is 35.7 Å². The molecule has 2 aromatic heterocycles. The molecule has 1 fully saturated rings. The van der Waals surface area contributed by atoms with Crippen LogP contribution in [0, 0.1) is 0 Å². The van der Waals surface area contributed by atoms with Crippen molar-refractivity contribution in [2.24, 2.45) is 0 Å². The van der Waals surface area contributed by atoms with Gasteiger partial charge in [0.1, 0.15) is 5.82 Å². The van der Waals surface area contributed by atoms with Gasteiger partial charge in [-0.1, -0.05) is 17.7 Å². The van der Waals surface area contributed by atoms with Crippen LogP contribution in [0.2, 0.25) is 5.15 Å². The number of fused-ring (bicyclic) bond motifs is 1. The summed E-state index contributed by atoms with van der Waals surface area (Å²) >= 11 is 8.10. The third-order valence-corrected chi connectivity index (χ3v) is 4.54. The molecule has 0 unspecified atom stereocenters. The zero-order chi connectivity index (χ0) is 11.8. The van der Waals surface area contributed by atoms with Crippen molar-refractivity contribution in [3.8, 4) is 5.88 Å². The number of halogens is 1. The first-order valence-corrected chi connectivity index (χ1v) is 7.24. The second-order valence-corrected chi connectivity index (χ2v) is 5.83. The van der Waals surface area contributed by atoms with E-state index >= 15 is 0 Å². The number of hydrogen-bond donors (Lipinski definition) is 1. The monoisotopic (exact) mass is 268 g/mol. The fraction of sp³-hybridized carbons (Fsp3) is 0.417. The topological polar surface area (TPSA) is 37.5 Å². The quantitative estimate of drug-likeness (QED) is 0.862. The highest BCUT2D eigenvalue weighted by Crippen LogP contribution is 2.34. The number of nitrogens with zero attached hydrogens (tertiary/aromatic N) is 2. The fourth-order valence-electron chi connectivity index (χ4n) is 2.34. The molecule has 3 heterocycles. The smallest absolute Gasteiger partial charge is 0.197 e. The SMILES string of the molecule is Oc1cccc2c(Cl)nc(C3CCSCC3)n12. The number of thioether (sulfide) groups is 1.